The first-order valence-corrected chi connectivity index (χ1v) is 24.7. The van der Waals surface area contributed by atoms with Gasteiger partial charge in [0, 0.05) is 42.0 Å². The molecule has 3 aromatic carbocycles. The molecule has 6 nitrogen and oxygen atoms in total. The molecular weight excluding hydrogens is 753 g/mol. The number of rotatable bonds is 34. The molecule has 6 heteroatoms. The second-order valence-electron chi connectivity index (χ2n) is 16.8. The van der Waals surface area contributed by atoms with Crippen LogP contribution in [0.15, 0.2) is 72.8 Å². The van der Waals surface area contributed by atoms with E-state index in [1.54, 1.807) is 0 Å². The Labute approximate surface area is 372 Å². The van der Waals surface area contributed by atoms with Crippen LogP contribution in [-0.2, 0) is 0 Å². The minimum Gasteiger partial charge on any atom is -0.493 e. The van der Waals surface area contributed by atoms with E-state index in [2.05, 4.69) is 119 Å². The normalized spacial score (nSPS) is 11.2. The maximum absolute atomic E-state index is 6.64. The molecule has 4 aromatic rings. The first-order valence-electron chi connectivity index (χ1n) is 24.7. The summed E-state index contributed by atoms with van der Waals surface area (Å²) in [4.78, 5) is 8.00. The van der Waals surface area contributed by atoms with Crippen molar-refractivity contribution in [3.63, 3.8) is 0 Å². The molecule has 0 amide bonds. The monoisotopic (exact) mass is 835 g/mol. The number of anilines is 1. The second kappa shape index (κ2) is 30.0. The van der Waals surface area contributed by atoms with Gasteiger partial charge in [0.15, 0.2) is 0 Å². The summed E-state index contributed by atoms with van der Waals surface area (Å²) in [6.07, 6.45) is 23.3. The van der Waals surface area contributed by atoms with Crippen molar-refractivity contribution in [1.29, 1.82) is 0 Å². The van der Waals surface area contributed by atoms with E-state index in [1.165, 1.54) is 95.6 Å². The molecule has 0 spiro atoms. The number of pyridine rings is 1. The summed E-state index contributed by atoms with van der Waals surface area (Å²) in [7, 11) is 0. The number of hydrogen-bond acceptors (Lipinski definition) is 6. The van der Waals surface area contributed by atoms with Crippen LogP contribution in [0.4, 0.5) is 5.69 Å². The Morgan fingerprint density at radius 2 is 0.770 bits per heavy atom. The minimum atomic E-state index is 0.656. The molecule has 0 aliphatic heterocycles. The maximum atomic E-state index is 6.64. The Morgan fingerprint density at radius 3 is 1.16 bits per heavy atom. The second-order valence-corrected chi connectivity index (χ2v) is 16.8. The Balaban J connectivity index is 1.81. The molecule has 0 unspecified atom stereocenters. The predicted molar refractivity (Wildman–Crippen MR) is 261 cm³/mol. The van der Waals surface area contributed by atoms with Gasteiger partial charge in [0.05, 0.1) is 37.8 Å². The molecule has 0 atom stereocenters. The van der Waals surface area contributed by atoms with Crippen molar-refractivity contribution in [1.82, 2.24) is 4.98 Å². The molecule has 0 aliphatic rings. The Hall–Kier alpha value is -4.19. The standard InChI is InChI=1S/C55H82N2O4/c1-7-13-19-23-37-58-48-31-33-50(54(43-48)60-39-25-21-15-9-3)52-41-46(45-27-29-47(30-28-45)57(35-17-11-5)36-18-12-6)42-53(56-52)51-34-32-49(59-38-24-20-14-8-2)44-55(51)61-40-26-22-16-10-4/h27-34,41-44H,7-26,35-40H2,1-6H3. The number of hydrogen-bond donors (Lipinski definition) is 0. The fourth-order valence-corrected chi connectivity index (χ4v) is 7.61. The molecule has 0 N–H and O–H groups in total. The van der Waals surface area contributed by atoms with Crippen molar-refractivity contribution in [2.45, 2.75) is 170 Å². The Kier molecular flexibility index (Phi) is 24.3. The third kappa shape index (κ3) is 17.6. The van der Waals surface area contributed by atoms with Gasteiger partial charge in [-0.2, -0.15) is 0 Å². The molecule has 61 heavy (non-hydrogen) atoms. The lowest BCUT2D eigenvalue weighted by Gasteiger charge is -2.25. The zero-order valence-corrected chi connectivity index (χ0v) is 39.3. The molecule has 336 valence electrons. The van der Waals surface area contributed by atoms with Crippen molar-refractivity contribution in [2.75, 3.05) is 44.4 Å². The summed E-state index contributed by atoms with van der Waals surface area (Å²) in [5.41, 5.74) is 7.21. The summed E-state index contributed by atoms with van der Waals surface area (Å²) in [6, 6.07) is 26.2. The van der Waals surface area contributed by atoms with Crippen LogP contribution >= 0.6 is 0 Å². The van der Waals surface area contributed by atoms with Gasteiger partial charge < -0.3 is 23.8 Å². The number of nitrogens with zero attached hydrogens (tertiary/aromatic N) is 2. The van der Waals surface area contributed by atoms with Gasteiger partial charge in [-0.25, -0.2) is 4.98 Å². The van der Waals surface area contributed by atoms with Crippen LogP contribution in [0, 0.1) is 0 Å². The highest BCUT2D eigenvalue weighted by Crippen LogP contribution is 2.40. The van der Waals surface area contributed by atoms with Crippen LogP contribution in [0.25, 0.3) is 33.6 Å². The van der Waals surface area contributed by atoms with Crippen LogP contribution in [0.2, 0.25) is 0 Å². The predicted octanol–water partition coefficient (Wildman–Crippen LogP) is 16.3. The number of ether oxygens (including phenoxy) is 4. The van der Waals surface area contributed by atoms with E-state index in [0.29, 0.717) is 26.4 Å². The minimum absolute atomic E-state index is 0.656. The molecule has 0 fully saturated rings. The van der Waals surface area contributed by atoms with Gasteiger partial charge in [-0.15, -0.1) is 0 Å². The van der Waals surface area contributed by atoms with E-state index in [0.717, 1.165) is 108 Å². The van der Waals surface area contributed by atoms with Gasteiger partial charge in [-0.1, -0.05) is 144 Å². The van der Waals surface area contributed by atoms with Crippen LogP contribution in [0.1, 0.15) is 170 Å². The van der Waals surface area contributed by atoms with Crippen LogP contribution in [0.5, 0.6) is 23.0 Å². The first-order chi connectivity index (χ1) is 30.0. The van der Waals surface area contributed by atoms with Crippen LogP contribution in [0.3, 0.4) is 0 Å². The van der Waals surface area contributed by atoms with Crippen molar-refractivity contribution in [3.8, 4) is 56.6 Å². The third-order valence-corrected chi connectivity index (χ3v) is 11.5. The van der Waals surface area contributed by atoms with Gasteiger partial charge in [0.25, 0.3) is 0 Å². The Bertz CT molecular complexity index is 1650. The summed E-state index contributed by atoms with van der Waals surface area (Å²) in [5, 5.41) is 0. The van der Waals surface area contributed by atoms with E-state index in [4.69, 9.17) is 23.9 Å². The average molecular weight is 835 g/mol. The van der Waals surface area contributed by atoms with E-state index >= 15 is 0 Å². The Morgan fingerprint density at radius 1 is 0.377 bits per heavy atom. The fraction of sp³-hybridized carbons (Fsp3) is 0.582. The maximum Gasteiger partial charge on any atom is 0.132 e. The number of unbranched alkanes of at least 4 members (excludes halogenated alkanes) is 14. The summed E-state index contributed by atoms with van der Waals surface area (Å²) >= 11 is 0. The van der Waals surface area contributed by atoms with E-state index in [-0.39, 0.29) is 0 Å². The zero-order chi connectivity index (χ0) is 43.3. The summed E-state index contributed by atoms with van der Waals surface area (Å²) < 4.78 is 25.9. The lowest BCUT2D eigenvalue weighted by molar-refractivity contribution is 0.291. The molecular formula is C55H82N2O4. The van der Waals surface area contributed by atoms with Gasteiger partial charge in [-0.3, -0.25) is 0 Å². The fourth-order valence-electron chi connectivity index (χ4n) is 7.61. The van der Waals surface area contributed by atoms with Gasteiger partial charge >= 0.3 is 0 Å². The van der Waals surface area contributed by atoms with E-state index in [9.17, 15) is 0 Å². The molecule has 0 saturated carbocycles. The van der Waals surface area contributed by atoms with Crippen molar-refractivity contribution < 1.29 is 18.9 Å². The number of benzene rings is 3. The number of aromatic nitrogens is 1. The molecule has 4 rings (SSSR count). The largest absolute Gasteiger partial charge is 0.493 e. The topological polar surface area (TPSA) is 53.1 Å². The molecule has 0 saturated heterocycles. The smallest absolute Gasteiger partial charge is 0.132 e. The molecule has 0 radical (unpaired) electrons. The van der Waals surface area contributed by atoms with Crippen molar-refractivity contribution in [3.05, 3.63) is 72.8 Å². The lowest BCUT2D eigenvalue weighted by Crippen LogP contribution is -2.25. The first kappa shape index (κ1) is 49.5. The molecule has 0 aliphatic carbocycles. The van der Waals surface area contributed by atoms with Crippen molar-refractivity contribution >= 4 is 5.69 Å². The average Bonchev–Trinajstić information content (AvgIpc) is 3.29. The lowest BCUT2D eigenvalue weighted by atomic mass is 9.98. The third-order valence-electron chi connectivity index (χ3n) is 11.5. The highest BCUT2D eigenvalue weighted by atomic mass is 16.5. The van der Waals surface area contributed by atoms with Gasteiger partial charge in [-0.05, 0) is 98.2 Å². The van der Waals surface area contributed by atoms with E-state index < -0.39 is 0 Å². The van der Waals surface area contributed by atoms with E-state index in [1.807, 2.05) is 0 Å². The quantitative estimate of drug-likeness (QED) is 0.0437. The highest BCUT2D eigenvalue weighted by molar-refractivity contribution is 5.81. The van der Waals surface area contributed by atoms with Crippen LogP contribution in [-0.4, -0.2) is 44.5 Å². The van der Waals surface area contributed by atoms with Crippen LogP contribution < -0.4 is 23.8 Å². The zero-order valence-electron chi connectivity index (χ0n) is 39.3. The highest BCUT2D eigenvalue weighted by Gasteiger charge is 2.18. The van der Waals surface area contributed by atoms with Gasteiger partial charge in [0.1, 0.15) is 23.0 Å². The molecule has 1 aromatic heterocycles. The molecule has 1 heterocycles. The summed E-state index contributed by atoms with van der Waals surface area (Å²) in [5.74, 6) is 3.32. The molecule has 0 bridgehead atoms. The van der Waals surface area contributed by atoms with Gasteiger partial charge in [0.2, 0.25) is 0 Å². The SMILES string of the molecule is CCCCCCOc1ccc(-c2cc(-c3ccc(N(CCCC)CCCC)cc3)cc(-c3ccc(OCCCCCC)cc3OCCCCCC)n2)c(OCCCCCC)c1. The summed E-state index contributed by atoms with van der Waals surface area (Å²) in [6.45, 7) is 18.4. The van der Waals surface area contributed by atoms with Crippen molar-refractivity contribution in [2.24, 2.45) is 0 Å².